The largest absolute Gasteiger partial charge is 0.339 e. The highest BCUT2D eigenvalue weighted by atomic mass is 35.5. The zero-order valence-electron chi connectivity index (χ0n) is 11.7. The minimum atomic E-state index is -3.23. The number of nitrogens with one attached hydrogen (secondary N) is 1. The van der Waals surface area contributed by atoms with Gasteiger partial charge in [0, 0.05) is 18.3 Å². The fourth-order valence-electron chi connectivity index (χ4n) is 2.24. The van der Waals surface area contributed by atoms with Gasteiger partial charge >= 0.3 is 0 Å². The van der Waals surface area contributed by atoms with Gasteiger partial charge in [0.05, 0.1) is 0 Å². The highest BCUT2D eigenvalue weighted by molar-refractivity contribution is 7.92. The molecule has 1 fully saturated rings. The van der Waals surface area contributed by atoms with Gasteiger partial charge in [-0.3, -0.25) is 4.79 Å². The third-order valence-electron chi connectivity index (χ3n) is 3.32. The Hall–Kier alpha value is -0.330. The molecule has 1 saturated heterocycles. The number of halogens is 1. The standard InChI is InChI=1S/C12H24N2O3S.ClH/c1-3-9-14(11-5-7-13-8-6-11)12(15)10-18(16,17)4-2;/h11,13H,3-10H2,1-2H3;1H. The first-order valence-corrected chi connectivity index (χ1v) is 8.53. The second-order valence-corrected chi connectivity index (χ2v) is 7.10. The third kappa shape index (κ3) is 6.10. The topological polar surface area (TPSA) is 66.5 Å². The Labute approximate surface area is 122 Å². The molecule has 5 nitrogen and oxygen atoms in total. The van der Waals surface area contributed by atoms with E-state index in [-0.39, 0.29) is 35.9 Å². The van der Waals surface area contributed by atoms with Crippen LogP contribution in [0.1, 0.15) is 33.1 Å². The number of nitrogens with zero attached hydrogens (tertiary/aromatic N) is 1. The van der Waals surface area contributed by atoms with Crippen LogP contribution in [0.25, 0.3) is 0 Å². The molecular weight excluding hydrogens is 288 g/mol. The Balaban J connectivity index is 0.00000324. The van der Waals surface area contributed by atoms with Crippen molar-refractivity contribution in [3.8, 4) is 0 Å². The van der Waals surface area contributed by atoms with Crippen LogP contribution >= 0.6 is 12.4 Å². The van der Waals surface area contributed by atoms with E-state index in [9.17, 15) is 13.2 Å². The molecule has 0 aromatic rings. The number of hydrogen-bond acceptors (Lipinski definition) is 4. The van der Waals surface area contributed by atoms with Gasteiger partial charge in [-0.2, -0.15) is 0 Å². The first-order valence-electron chi connectivity index (χ1n) is 6.70. The molecule has 1 aliphatic heterocycles. The Morgan fingerprint density at radius 3 is 2.32 bits per heavy atom. The first kappa shape index (κ1) is 18.7. The van der Waals surface area contributed by atoms with Crippen LogP contribution in [0.4, 0.5) is 0 Å². The van der Waals surface area contributed by atoms with Gasteiger partial charge in [0.15, 0.2) is 9.84 Å². The molecule has 0 atom stereocenters. The van der Waals surface area contributed by atoms with Crippen LogP contribution in [0.15, 0.2) is 0 Å². The highest BCUT2D eigenvalue weighted by Crippen LogP contribution is 2.13. The molecule has 1 heterocycles. The fourth-order valence-corrected chi connectivity index (χ4v) is 2.99. The lowest BCUT2D eigenvalue weighted by molar-refractivity contribution is -0.131. The Kier molecular flexibility index (Phi) is 8.61. The summed E-state index contributed by atoms with van der Waals surface area (Å²) in [5.41, 5.74) is 0. The second-order valence-electron chi connectivity index (χ2n) is 4.74. The van der Waals surface area contributed by atoms with Gasteiger partial charge in [-0.05, 0) is 32.4 Å². The van der Waals surface area contributed by atoms with Crippen molar-refractivity contribution in [2.24, 2.45) is 0 Å². The molecule has 1 N–H and O–H groups in total. The lowest BCUT2D eigenvalue weighted by Crippen LogP contribution is -2.48. The molecule has 1 rings (SSSR count). The summed E-state index contributed by atoms with van der Waals surface area (Å²) >= 11 is 0. The highest BCUT2D eigenvalue weighted by Gasteiger charge is 2.27. The van der Waals surface area contributed by atoms with Crippen LogP contribution in [-0.2, 0) is 14.6 Å². The van der Waals surface area contributed by atoms with Crippen LogP contribution in [0, 0.1) is 0 Å². The van der Waals surface area contributed by atoms with Crippen molar-refractivity contribution in [3.63, 3.8) is 0 Å². The second kappa shape index (κ2) is 8.76. The molecule has 0 saturated carbocycles. The van der Waals surface area contributed by atoms with E-state index in [0.29, 0.717) is 6.54 Å². The van der Waals surface area contributed by atoms with Crippen LogP contribution in [-0.4, -0.2) is 56.4 Å². The first-order chi connectivity index (χ1) is 8.50. The average Bonchev–Trinajstić information content (AvgIpc) is 2.36. The zero-order valence-corrected chi connectivity index (χ0v) is 13.4. The maximum absolute atomic E-state index is 12.1. The summed E-state index contributed by atoms with van der Waals surface area (Å²) in [7, 11) is -3.23. The summed E-state index contributed by atoms with van der Waals surface area (Å²) in [4.78, 5) is 13.9. The monoisotopic (exact) mass is 312 g/mol. The summed E-state index contributed by atoms with van der Waals surface area (Å²) < 4.78 is 23.1. The Morgan fingerprint density at radius 2 is 1.84 bits per heavy atom. The SMILES string of the molecule is CCCN(C(=O)CS(=O)(=O)CC)C1CCNCC1.Cl. The molecule has 1 amide bonds. The number of rotatable bonds is 6. The lowest BCUT2D eigenvalue weighted by atomic mass is 10.0. The molecular formula is C12H25ClN2O3S. The molecule has 0 aliphatic carbocycles. The van der Waals surface area contributed by atoms with Crippen molar-refractivity contribution in [3.05, 3.63) is 0 Å². The van der Waals surface area contributed by atoms with E-state index < -0.39 is 9.84 Å². The lowest BCUT2D eigenvalue weighted by Gasteiger charge is -2.34. The summed E-state index contributed by atoms with van der Waals surface area (Å²) in [6.07, 6.45) is 2.69. The van der Waals surface area contributed by atoms with E-state index in [1.807, 2.05) is 6.92 Å². The summed E-state index contributed by atoms with van der Waals surface area (Å²) in [6, 6.07) is 0.200. The van der Waals surface area contributed by atoms with Crippen molar-refractivity contribution < 1.29 is 13.2 Å². The molecule has 7 heteroatoms. The number of amides is 1. The smallest absolute Gasteiger partial charge is 0.238 e. The predicted octanol–water partition coefficient (Wildman–Crippen LogP) is 0.833. The van der Waals surface area contributed by atoms with Crippen molar-refractivity contribution in [1.29, 1.82) is 0 Å². The maximum Gasteiger partial charge on any atom is 0.238 e. The van der Waals surface area contributed by atoms with Gasteiger partial charge in [-0.1, -0.05) is 13.8 Å². The summed E-state index contributed by atoms with van der Waals surface area (Å²) in [5, 5.41) is 3.25. The zero-order chi connectivity index (χ0) is 13.6. The normalized spacial score (nSPS) is 16.7. The molecule has 19 heavy (non-hydrogen) atoms. The van der Waals surface area contributed by atoms with E-state index in [1.54, 1.807) is 11.8 Å². The Bertz CT molecular complexity index is 367. The number of carbonyl (C=O) groups is 1. The molecule has 0 spiro atoms. The van der Waals surface area contributed by atoms with Gasteiger partial charge in [-0.25, -0.2) is 8.42 Å². The molecule has 0 aromatic carbocycles. The van der Waals surface area contributed by atoms with Crippen LogP contribution in [0.2, 0.25) is 0 Å². The van der Waals surface area contributed by atoms with Crippen LogP contribution < -0.4 is 5.32 Å². The van der Waals surface area contributed by atoms with Crippen molar-refractivity contribution in [1.82, 2.24) is 10.2 Å². The van der Waals surface area contributed by atoms with Gasteiger partial charge < -0.3 is 10.2 Å². The fraction of sp³-hybridized carbons (Fsp3) is 0.917. The Morgan fingerprint density at radius 1 is 1.26 bits per heavy atom. The van der Waals surface area contributed by atoms with Gasteiger partial charge in [0.2, 0.25) is 5.91 Å². The average molecular weight is 313 g/mol. The number of carbonyl (C=O) groups excluding carboxylic acids is 1. The molecule has 0 radical (unpaired) electrons. The van der Waals surface area contributed by atoms with Crippen molar-refractivity contribution in [2.75, 3.05) is 31.1 Å². The van der Waals surface area contributed by atoms with E-state index in [2.05, 4.69) is 5.32 Å². The third-order valence-corrected chi connectivity index (χ3v) is 4.88. The van der Waals surface area contributed by atoms with Gasteiger partial charge in [0.1, 0.15) is 5.75 Å². The minimum absolute atomic E-state index is 0. The van der Waals surface area contributed by atoms with E-state index in [4.69, 9.17) is 0 Å². The van der Waals surface area contributed by atoms with E-state index in [0.717, 1.165) is 32.4 Å². The minimum Gasteiger partial charge on any atom is -0.339 e. The van der Waals surface area contributed by atoms with Gasteiger partial charge in [-0.15, -0.1) is 12.4 Å². The molecule has 0 bridgehead atoms. The van der Waals surface area contributed by atoms with Crippen LogP contribution in [0.3, 0.4) is 0 Å². The van der Waals surface area contributed by atoms with E-state index in [1.165, 1.54) is 0 Å². The summed E-state index contributed by atoms with van der Waals surface area (Å²) in [6.45, 7) is 6.05. The number of sulfone groups is 1. The van der Waals surface area contributed by atoms with Crippen molar-refractivity contribution in [2.45, 2.75) is 39.2 Å². The predicted molar refractivity (Wildman–Crippen MR) is 79.5 cm³/mol. The molecule has 1 aliphatic rings. The molecule has 0 aromatic heterocycles. The quantitative estimate of drug-likeness (QED) is 0.789. The van der Waals surface area contributed by atoms with E-state index >= 15 is 0 Å². The number of hydrogen-bond donors (Lipinski definition) is 1. The van der Waals surface area contributed by atoms with Crippen molar-refractivity contribution >= 4 is 28.2 Å². The number of piperidine rings is 1. The maximum atomic E-state index is 12.1. The summed E-state index contributed by atoms with van der Waals surface area (Å²) in [5.74, 6) is -0.538. The van der Waals surface area contributed by atoms with Gasteiger partial charge in [0.25, 0.3) is 0 Å². The van der Waals surface area contributed by atoms with Crippen LogP contribution in [0.5, 0.6) is 0 Å². The molecule has 0 unspecified atom stereocenters. The molecule has 114 valence electrons.